The van der Waals surface area contributed by atoms with Crippen molar-refractivity contribution in [3.05, 3.63) is 76.1 Å². The van der Waals surface area contributed by atoms with Crippen LogP contribution in [-0.4, -0.2) is 27.2 Å². The van der Waals surface area contributed by atoms with Gasteiger partial charge in [0.1, 0.15) is 5.75 Å². The summed E-state index contributed by atoms with van der Waals surface area (Å²) in [7, 11) is 0. The molecule has 11 heteroatoms. The molecule has 1 N–H and O–H groups in total. The number of amides is 1. The first-order valence-corrected chi connectivity index (χ1v) is 8.65. The van der Waals surface area contributed by atoms with Gasteiger partial charge in [0.2, 0.25) is 0 Å². The van der Waals surface area contributed by atoms with Crippen LogP contribution < -0.4 is 10.1 Å². The third-order valence-electron chi connectivity index (χ3n) is 3.98. The lowest BCUT2D eigenvalue weighted by Gasteiger charge is -2.14. The summed E-state index contributed by atoms with van der Waals surface area (Å²) in [6.45, 7) is 1.85. The molecular formula is C19H15F3N4O4. The molecule has 0 radical (unpaired) electrons. The zero-order chi connectivity index (χ0) is 21.9. The van der Waals surface area contributed by atoms with Crippen molar-refractivity contribution in [1.29, 1.82) is 0 Å². The number of nitro benzene ring substituents is 1. The molecule has 0 saturated carbocycles. The highest BCUT2D eigenvalue weighted by Crippen LogP contribution is 2.35. The van der Waals surface area contributed by atoms with Gasteiger partial charge in [-0.2, -0.15) is 18.3 Å². The standard InChI is InChI=1S/C19H15F3N4O4/c1-2-30-17-7-6-12(19(20,21)22)10-16(17)23-18(27)15-8-9-25(24-15)13-4-3-5-14(11-13)26(28)29/h3-11H,2H2,1H3,(H,23,27). The van der Waals surface area contributed by atoms with E-state index >= 15 is 0 Å². The van der Waals surface area contributed by atoms with Crippen LogP contribution in [0, 0.1) is 10.1 Å². The maximum Gasteiger partial charge on any atom is 0.416 e. The van der Waals surface area contributed by atoms with E-state index < -0.39 is 22.6 Å². The predicted molar refractivity (Wildman–Crippen MR) is 101 cm³/mol. The van der Waals surface area contributed by atoms with E-state index in [1.54, 1.807) is 13.0 Å². The summed E-state index contributed by atoms with van der Waals surface area (Å²) < 4.78 is 45.6. The molecule has 0 atom stereocenters. The van der Waals surface area contributed by atoms with Crippen molar-refractivity contribution in [2.45, 2.75) is 13.1 Å². The predicted octanol–water partition coefficient (Wildman–Crippen LogP) is 4.45. The molecule has 0 saturated heterocycles. The van der Waals surface area contributed by atoms with Gasteiger partial charge in [-0.1, -0.05) is 6.07 Å². The number of halogens is 3. The number of alkyl halides is 3. The number of nitrogens with zero attached hydrogens (tertiary/aromatic N) is 3. The van der Waals surface area contributed by atoms with Crippen molar-refractivity contribution in [3.8, 4) is 11.4 Å². The van der Waals surface area contributed by atoms with Crippen LogP contribution in [-0.2, 0) is 6.18 Å². The van der Waals surface area contributed by atoms with Gasteiger partial charge in [0.05, 0.1) is 28.5 Å². The summed E-state index contributed by atoms with van der Waals surface area (Å²) in [6.07, 6.45) is -3.18. The van der Waals surface area contributed by atoms with Gasteiger partial charge < -0.3 is 10.1 Å². The van der Waals surface area contributed by atoms with Crippen molar-refractivity contribution >= 4 is 17.3 Å². The second kappa shape index (κ2) is 8.23. The van der Waals surface area contributed by atoms with Crippen LogP contribution in [0.2, 0.25) is 0 Å². The molecule has 30 heavy (non-hydrogen) atoms. The average molecular weight is 420 g/mol. The number of nitrogens with one attached hydrogen (secondary N) is 1. The van der Waals surface area contributed by atoms with Gasteiger partial charge >= 0.3 is 6.18 Å². The first kappa shape index (κ1) is 20.8. The molecule has 0 fully saturated rings. The maximum atomic E-state index is 13.0. The van der Waals surface area contributed by atoms with Gasteiger partial charge in [0, 0.05) is 18.3 Å². The molecule has 0 aliphatic carbocycles. The second-order valence-electron chi connectivity index (χ2n) is 6.02. The van der Waals surface area contributed by atoms with E-state index in [-0.39, 0.29) is 29.4 Å². The largest absolute Gasteiger partial charge is 0.492 e. The zero-order valence-corrected chi connectivity index (χ0v) is 15.5. The number of anilines is 1. The van der Waals surface area contributed by atoms with E-state index in [4.69, 9.17) is 4.74 Å². The zero-order valence-electron chi connectivity index (χ0n) is 15.5. The van der Waals surface area contributed by atoms with Crippen molar-refractivity contribution in [3.63, 3.8) is 0 Å². The maximum absolute atomic E-state index is 13.0. The quantitative estimate of drug-likeness (QED) is 0.469. The van der Waals surface area contributed by atoms with E-state index in [0.717, 1.165) is 18.2 Å². The van der Waals surface area contributed by atoms with Crippen LogP contribution in [0.25, 0.3) is 5.69 Å². The van der Waals surface area contributed by atoms with Gasteiger partial charge in [-0.05, 0) is 37.3 Å². The Kier molecular flexibility index (Phi) is 5.72. The molecule has 3 rings (SSSR count). The Morgan fingerprint density at radius 2 is 2.00 bits per heavy atom. The first-order chi connectivity index (χ1) is 14.2. The summed E-state index contributed by atoms with van der Waals surface area (Å²) in [5.74, 6) is -0.684. The highest BCUT2D eigenvalue weighted by atomic mass is 19.4. The Labute approximate surface area is 168 Å². The third-order valence-corrected chi connectivity index (χ3v) is 3.98. The lowest BCUT2D eigenvalue weighted by atomic mass is 10.1. The van der Waals surface area contributed by atoms with Crippen LogP contribution in [0.1, 0.15) is 23.0 Å². The fourth-order valence-electron chi connectivity index (χ4n) is 2.61. The minimum atomic E-state index is -4.59. The molecule has 156 valence electrons. The van der Waals surface area contributed by atoms with Crippen molar-refractivity contribution in [2.24, 2.45) is 0 Å². The van der Waals surface area contributed by atoms with Crippen LogP contribution in [0.5, 0.6) is 5.75 Å². The van der Waals surface area contributed by atoms with E-state index in [2.05, 4.69) is 10.4 Å². The monoisotopic (exact) mass is 420 g/mol. The number of carbonyl (C=O) groups is 1. The Hall–Kier alpha value is -3.89. The van der Waals surface area contributed by atoms with Crippen LogP contribution in [0.15, 0.2) is 54.7 Å². The number of non-ortho nitro benzene ring substituents is 1. The fourth-order valence-corrected chi connectivity index (χ4v) is 2.61. The fraction of sp³-hybridized carbons (Fsp3) is 0.158. The molecule has 0 bridgehead atoms. The molecule has 1 heterocycles. The number of rotatable bonds is 6. The van der Waals surface area contributed by atoms with Crippen molar-refractivity contribution < 1.29 is 27.6 Å². The number of nitro groups is 1. The normalized spacial score (nSPS) is 11.2. The molecule has 0 aliphatic heterocycles. The summed E-state index contributed by atoms with van der Waals surface area (Å²) in [5.41, 5.74) is -0.997. The van der Waals surface area contributed by atoms with Crippen molar-refractivity contribution in [1.82, 2.24) is 9.78 Å². The summed E-state index contributed by atoms with van der Waals surface area (Å²) >= 11 is 0. The molecule has 0 unspecified atom stereocenters. The summed E-state index contributed by atoms with van der Waals surface area (Å²) in [4.78, 5) is 22.9. The number of hydrogen-bond donors (Lipinski definition) is 1. The lowest BCUT2D eigenvalue weighted by molar-refractivity contribution is -0.384. The number of hydrogen-bond acceptors (Lipinski definition) is 5. The summed E-state index contributed by atoms with van der Waals surface area (Å²) in [6, 6.07) is 9.70. The Bertz CT molecular complexity index is 1100. The highest BCUT2D eigenvalue weighted by Gasteiger charge is 2.31. The van der Waals surface area contributed by atoms with E-state index in [1.807, 2.05) is 0 Å². The topological polar surface area (TPSA) is 99.3 Å². The molecule has 1 aromatic heterocycles. The Morgan fingerprint density at radius 1 is 1.23 bits per heavy atom. The number of aromatic nitrogens is 2. The molecule has 0 aliphatic rings. The van der Waals surface area contributed by atoms with E-state index in [9.17, 15) is 28.1 Å². The van der Waals surface area contributed by atoms with Crippen molar-refractivity contribution in [2.75, 3.05) is 11.9 Å². The minimum Gasteiger partial charge on any atom is -0.492 e. The molecule has 2 aromatic carbocycles. The Balaban J connectivity index is 1.87. The molecule has 8 nitrogen and oxygen atoms in total. The van der Waals surface area contributed by atoms with Crippen LogP contribution in [0.3, 0.4) is 0 Å². The molecule has 1 amide bonds. The van der Waals surface area contributed by atoms with Gasteiger partial charge in [-0.25, -0.2) is 4.68 Å². The van der Waals surface area contributed by atoms with Gasteiger partial charge in [0.25, 0.3) is 11.6 Å². The third kappa shape index (κ3) is 4.57. The SMILES string of the molecule is CCOc1ccc(C(F)(F)F)cc1NC(=O)c1ccn(-c2cccc([N+](=O)[O-])c2)n1. The molecule has 0 spiro atoms. The van der Waals surface area contributed by atoms with Crippen LogP contribution >= 0.6 is 0 Å². The number of benzene rings is 2. The summed E-state index contributed by atoms with van der Waals surface area (Å²) in [5, 5.41) is 17.3. The average Bonchev–Trinajstić information content (AvgIpc) is 3.19. The molecular weight excluding hydrogens is 405 g/mol. The van der Waals surface area contributed by atoms with Gasteiger partial charge in [-0.3, -0.25) is 14.9 Å². The Morgan fingerprint density at radius 3 is 2.67 bits per heavy atom. The van der Waals surface area contributed by atoms with E-state index in [0.29, 0.717) is 5.69 Å². The molecule has 3 aromatic rings. The second-order valence-corrected chi connectivity index (χ2v) is 6.02. The van der Waals surface area contributed by atoms with E-state index in [1.165, 1.54) is 35.1 Å². The number of carbonyl (C=O) groups excluding carboxylic acids is 1. The highest BCUT2D eigenvalue weighted by molar-refractivity contribution is 6.03. The smallest absolute Gasteiger partial charge is 0.416 e. The van der Waals surface area contributed by atoms with Gasteiger partial charge in [0.15, 0.2) is 5.69 Å². The van der Waals surface area contributed by atoms with Gasteiger partial charge in [-0.15, -0.1) is 0 Å². The number of ether oxygens (including phenoxy) is 1. The first-order valence-electron chi connectivity index (χ1n) is 8.65. The lowest BCUT2D eigenvalue weighted by Crippen LogP contribution is -2.15. The van der Waals surface area contributed by atoms with Crippen LogP contribution in [0.4, 0.5) is 24.5 Å². The minimum absolute atomic E-state index is 0.0805.